The van der Waals surface area contributed by atoms with Gasteiger partial charge in [0.15, 0.2) is 0 Å². The summed E-state index contributed by atoms with van der Waals surface area (Å²) in [6, 6.07) is 10.6. The fourth-order valence-electron chi connectivity index (χ4n) is 4.88. The van der Waals surface area contributed by atoms with Crippen molar-refractivity contribution in [2.45, 2.75) is 70.1 Å². The van der Waals surface area contributed by atoms with Crippen molar-refractivity contribution in [2.24, 2.45) is 5.92 Å². The number of nitrogens with one attached hydrogen (secondary N) is 5. The van der Waals surface area contributed by atoms with E-state index in [0.717, 1.165) is 5.56 Å². The Labute approximate surface area is 262 Å². The van der Waals surface area contributed by atoms with Crippen molar-refractivity contribution in [1.29, 1.82) is 0 Å². The molecular weight excluding hydrogens is 581 g/mol. The van der Waals surface area contributed by atoms with Gasteiger partial charge in [-0.05, 0) is 54.9 Å². The molecule has 242 valence electrons. The lowest BCUT2D eigenvalue weighted by Gasteiger charge is -2.26. The van der Waals surface area contributed by atoms with Gasteiger partial charge in [0.2, 0.25) is 17.7 Å². The van der Waals surface area contributed by atoms with E-state index >= 15 is 0 Å². The molecule has 3 rings (SSSR count). The Hall–Kier alpha value is -4.74. The largest absolute Gasteiger partial charge is 0.467 e. The van der Waals surface area contributed by atoms with E-state index in [2.05, 4.69) is 26.6 Å². The number of urea groups is 1. The Bertz CT molecular complexity index is 1350. The Morgan fingerprint density at radius 3 is 2.42 bits per heavy atom. The van der Waals surface area contributed by atoms with Crippen LogP contribution in [0.2, 0.25) is 0 Å². The van der Waals surface area contributed by atoms with Crippen molar-refractivity contribution in [3.05, 3.63) is 83.7 Å². The standard InChI is InChI=1S/C33H42FN5O6/c1-21(2)29(32(43)45-3)39-33(44)38-27(20-22-10-5-4-6-11-22)31(42)37-26-14-7-8-17-35-28(40)16-15-25(36-30(26)41)19-23-12-9-13-24(34)18-23/h4-6,9-13,15-16,18,21,25-27,29H,7-8,14,17,19-20H2,1-3H3,(H,35,40)(H,36,41)(H,37,42)(H2,38,39,44)/b16-15+/t25-,26+,27+,29?/m1/s1. The summed E-state index contributed by atoms with van der Waals surface area (Å²) in [5.74, 6) is -2.70. The highest BCUT2D eigenvalue weighted by atomic mass is 19.1. The van der Waals surface area contributed by atoms with Crippen LogP contribution in [0.1, 0.15) is 44.2 Å². The number of amides is 5. The van der Waals surface area contributed by atoms with Crippen LogP contribution in [-0.4, -0.2) is 67.5 Å². The van der Waals surface area contributed by atoms with Crippen LogP contribution in [0.25, 0.3) is 0 Å². The molecule has 0 saturated carbocycles. The summed E-state index contributed by atoms with van der Waals surface area (Å²) in [4.78, 5) is 64.7. The van der Waals surface area contributed by atoms with Crippen LogP contribution < -0.4 is 26.6 Å². The predicted octanol–water partition coefficient (Wildman–Crippen LogP) is 2.30. The summed E-state index contributed by atoms with van der Waals surface area (Å²) in [7, 11) is 1.23. The van der Waals surface area contributed by atoms with E-state index in [1.165, 1.54) is 31.4 Å². The number of rotatable bonds is 10. The second-order valence-corrected chi connectivity index (χ2v) is 11.3. The summed E-state index contributed by atoms with van der Waals surface area (Å²) in [6.45, 7) is 3.89. The molecule has 4 atom stereocenters. The van der Waals surface area contributed by atoms with Crippen LogP contribution in [0, 0.1) is 11.7 Å². The average molecular weight is 624 g/mol. The molecule has 2 aromatic rings. The molecular formula is C33H42FN5O6. The molecule has 1 aliphatic heterocycles. The maximum absolute atomic E-state index is 13.8. The van der Waals surface area contributed by atoms with E-state index in [1.54, 1.807) is 26.0 Å². The molecule has 11 nitrogen and oxygen atoms in total. The Balaban J connectivity index is 1.81. The third-order valence-electron chi connectivity index (χ3n) is 7.32. The smallest absolute Gasteiger partial charge is 0.328 e. The third kappa shape index (κ3) is 11.7. The van der Waals surface area contributed by atoms with Crippen LogP contribution in [0.3, 0.4) is 0 Å². The number of halogens is 1. The zero-order chi connectivity index (χ0) is 32.8. The quantitative estimate of drug-likeness (QED) is 0.256. The Morgan fingerprint density at radius 1 is 1.00 bits per heavy atom. The molecule has 0 aromatic heterocycles. The number of hydrogen-bond acceptors (Lipinski definition) is 6. The van der Waals surface area contributed by atoms with Gasteiger partial charge in [-0.25, -0.2) is 14.0 Å². The summed E-state index contributed by atoms with van der Waals surface area (Å²) in [5.41, 5.74) is 1.38. The monoisotopic (exact) mass is 623 g/mol. The molecule has 1 aliphatic rings. The SMILES string of the molecule is COC(=O)C(NC(=O)N[C@@H](Cc1ccccc1)C(=O)N[C@H]1CCCCNC(=O)/C=C/[C@H](Cc2cccc(F)c2)NC1=O)C(C)C. The number of carbonyl (C=O) groups is 5. The fraction of sp³-hybridized carbons (Fsp3) is 0.424. The van der Waals surface area contributed by atoms with E-state index in [-0.39, 0.29) is 31.1 Å². The third-order valence-corrected chi connectivity index (χ3v) is 7.32. The van der Waals surface area contributed by atoms with Crippen molar-refractivity contribution in [3.8, 4) is 0 Å². The molecule has 1 unspecified atom stereocenters. The molecule has 0 radical (unpaired) electrons. The molecule has 0 aliphatic carbocycles. The molecule has 0 bridgehead atoms. The Kier molecular flexibility index (Phi) is 13.5. The van der Waals surface area contributed by atoms with Crippen molar-refractivity contribution >= 4 is 29.7 Å². The van der Waals surface area contributed by atoms with Crippen LogP contribution >= 0.6 is 0 Å². The number of hydrogen-bond donors (Lipinski definition) is 5. The molecule has 45 heavy (non-hydrogen) atoms. The van der Waals surface area contributed by atoms with E-state index < -0.39 is 53.8 Å². The van der Waals surface area contributed by atoms with Crippen molar-refractivity contribution < 1.29 is 33.1 Å². The van der Waals surface area contributed by atoms with Crippen molar-refractivity contribution in [1.82, 2.24) is 26.6 Å². The minimum absolute atomic E-state index is 0.121. The van der Waals surface area contributed by atoms with Gasteiger partial charge in [0.25, 0.3) is 0 Å². The summed E-state index contributed by atoms with van der Waals surface area (Å²) >= 11 is 0. The Morgan fingerprint density at radius 2 is 1.73 bits per heavy atom. The zero-order valence-electron chi connectivity index (χ0n) is 25.8. The highest BCUT2D eigenvalue weighted by Gasteiger charge is 2.30. The summed E-state index contributed by atoms with van der Waals surface area (Å²) < 4.78 is 18.6. The number of ether oxygens (including phenoxy) is 1. The lowest BCUT2D eigenvalue weighted by molar-refractivity contribution is -0.144. The molecule has 0 saturated heterocycles. The van der Waals surface area contributed by atoms with Crippen LogP contribution in [0.4, 0.5) is 9.18 Å². The number of methoxy groups -OCH3 is 1. The van der Waals surface area contributed by atoms with Crippen molar-refractivity contribution in [3.63, 3.8) is 0 Å². The minimum atomic E-state index is -1.09. The van der Waals surface area contributed by atoms with Gasteiger partial charge in [0, 0.05) is 19.0 Å². The molecule has 2 aromatic carbocycles. The first-order valence-electron chi connectivity index (χ1n) is 15.1. The second kappa shape index (κ2) is 17.5. The highest BCUT2D eigenvalue weighted by molar-refractivity contribution is 5.93. The second-order valence-electron chi connectivity index (χ2n) is 11.3. The lowest BCUT2D eigenvalue weighted by Crippen LogP contribution is -2.58. The fourth-order valence-corrected chi connectivity index (χ4v) is 4.88. The summed E-state index contributed by atoms with van der Waals surface area (Å²) in [6.07, 6.45) is 4.56. The van der Waals surface area contributed by atoms with Gasteiger partial charge in [-0.2, -0.15) is 0 Å². The normalized spacial score (nSPS) is 19.4. The maximum Gasteiger partial charge on any atom is 0.328 e. The predicted molar refractivity (Wildman–Crippen MR) is 166 cm³/mol. The van der Waals surface area contributed by atoms with Crippen LogP contribution in [0.15, 0.2) is 66.7 Å². The van der Waals surface area contributed by atoms with Gasteiger partial charge in [-0.1, -0.05) is 62.4 Å². The van der Waals surface area contributed by atoms with E-state index in [0.29, 0.717) is 24.9 Å². The van der Waals surface area contributed by atoms with Gasteiger partial charge >= 0.3 is 12.0 Å². The molecule has 0 spiro atoms. The van der Waals surface area contributed by atoms with Gasteiger partial charge in [-0.3, -0.25) is 14.4 Å². The van der Waals surface area contributed by atoms with E-state index in [4.69, 9.17) is 4.74 Å². The molecule has 5 amide bonds. The van der Waals surface area contributed by atoms with Crippen LogP contribution in [-0.2, 0) is 36.8 Å². The van der Waals surface area contributed by atoms with Crippen LogP contribution in [0.5, 0.6) is 0 Å². The first-order chi connectivity index (χ1) is 21.5. The van der Waals surface area contributed by atoms with Gasteiger partial charge in [-0.15, -0.1) is 0 Å². The van der Waals surface area contributed by atoms with Gasteiger partial charge in [0.1, 0.15) is 23.9 Å². The molecule has 1 heterocycles. The number of esters is 1. The first-order valence-corrected chi connectivity index (χ1v) is 15.1. The molecule has 0 fully saturated rings. The van der Waals surface area contributed by atoms with Gasteiger partial charge in [0.05, 0.1) is 13.2 Å². The zero-order valence-corrected chi connectivity index (χ0v) is 25.8. The van der Waals surface area contributed by atoms with Gasteiger partial charge < -0.3 is 31.3 Å². The van der Waals surface area contributed by atoms with E-state index in [1.807, 2.05) is 30.3 Å². The number of carbonyl (C=O) groups excluding carboxylic acids is 5. The lowest BCUT2D eigenvalue weighted by atomic mass is 10.0. The summed E-state index contributed by atoms with van der Waals surface area (Å²) in [5, 5.41) is 13.7. The maximum atomic E-state index is 13.8. The van der Waals surface area contributed by atoms with Crippen molar-refractivity contribution in [2.75, 3.05) is 13.7 Å². The highest BCUT2D eigenvalue weighted by Crippen LogP contribution is 2.11. The first kappa shape index (κ1) is 34.7. The molecule has 12 heteroatoms. The molecule has 5 N–H and O–H groups in total. The minimum Gasteiger partial charge on any atom is -0.467 e. The average Bonchev–Trinajstić information content (AvgIpc) is 3.00. The van der Waals surface area contributed by atoms with E-state index in [9.17, 15) is 28.4 Å². The topological polar surface area (TPSA) is 155 Å². The number of benzene rings is 2.